The summed E-state index contributed by atoms with van der Waals surface area (Å²) in [7, 11) is 0. The van der Waals surface area contributed by atoms with E-state index in [4.69, 9.17) is 4.74 Å². The van der Waals surface area contributed by atoms with E-state index >= 15 is 0 Å². The third-order valence-electron chi connectivity index (χ3n) is 6.00. The lowest BCUT2D eigenvalue weighted by atomic mass is 9.95. The first kappa shape index (κ1) is 26.3. The van der Waals surface area contributed by atoms with Crippen LogP contribution in [0.3, 0.4) is 0 Å². The quantitative estimate of drug-likeness (QED) is 0.294. The van der Waals surface area contributed by atoms with Crippen molar-refractivity contribution in [1.29, 1.82) is 0 Å². The first-order valence-electron chi connectivity index (χ1n) is 11.6. The van der Waals surface area contributed by atoms with Crippen LogP contribution in [0.2, 0.25) is 0 Å². The number of benzene rings is 1. The Morgan fingerprint density at radius 1 is 1.12 bits per heavy atom. The highest BCUT2D eigenvalue weighted by Crippen LogP contribution is 2.29. The molecule has 0 spiro atoms. The first-order chi connectivity index (χ1) is 15.9. The lowest BCUT2D eigenvalue weighted by Gasteiger charge is -2.29. The number of aliphatic hydroxyl groups excluding tert-OH is 1. The van der Waals surface area contributed by atoms with E-state index in [9.17, 15) is 19.5 Å². The standard InChI is InChI=1S/C26H36N2O5/c1-3-5-14-24(31)33-18-22(20-12-7-6-8-13-20)27-25(32)21(11-4-2)17-23(30)28-26(19-29)15-9-10-16-26/h3-4,6-8,12-13,21-22,29H,1-2,5,9-11,14-19H2,(H,27,32)(H,28,30). The summed E-state index contributed by atoms with van der Waals surface area (Å²) in [5.74, 6) is -1.56. The summed E-state index contributed by atoms with van der Waals surface area (Å²) in [6, 6.07) is 8.71. The molecular formula is C26H36N2O5. The molecule has 1 aromatic carbocycles. The number of hydrogen-bond acceptors (Lipinski definition) is 5. The summed E-state index contributed by atoms with van der Waals surface area (Å²) < 4.78 is 5.37. The van der Waals surface area contributed by atoms with Gasteiger partial charge in [0.1, 0.15) is 6.61 Å². The van der Waals surface area contributed by atoms with E-state index in [1.54, 1.807) is 12.2 Å². The fraction of sp³-hybridized carbons (Fsp3) is 0.500. The van der Waals surface area contributed by atoms with Crippen molar-refractivity contribution >= 4 is 17.8 Å². The molecule has 7 nitrogen and oxygen atoms in total. The molecule has 1 aliphatic rings. The van der Waals surface area contributed by atoms with E-state index in [0.717, 1.165) is 31.2 Å². The molecule has 1 fully saturated rings. The molecular weight excluding hydrogens is 420 g/mol. The minimum atomic E-state index is -0.623. The Morgan fingerprint density at radius 3 is 2.42 bits per heavy atom. The molecule has 3 N–H and O–H groups in total. The maximum atomic E-state index is 13.1. The highest BCUT2D eigenvalue weighted by Gasteiger charge is 2.35. The van der Waals surface area contributed by atoms with E-state index in [1.165, 1.54) is 0 Å². The topological polar surface area (TPSA) is 105 Å². The number of amides is 2. The maximum absolute atomic E-state index is 13.1. The van der Waals surface area contributed by atoms with Crippen LogP contribution in [0.15, 0.2) is 55.6 Å². The normalized spacial score (nSPS) is 16.3. The molecule has 0 radical (unpaired) electrons. The minimum absolute atomic E-state index is 0.00758. The SMILES string of the molecule is C=CCCC(=O)OCC(NC(=O)C(CC=C)CC(=O)NC1(CO)CCCC1)c1ccccc1. The van der Waals surface area contributed by atoms with Gasteiger partial charge in [-0.25, -0.2) is 0 Å². The zero-order chi connectivity index (χ0) is 24.1. The highest BCUT2D eigenvalue weighted by molar-refractivity contribution is 5.86. The molecule has 0 saturated heterocycles. The van der Waals surface area contributed by atoms with Crippen LogP contribution in [-0.2, 0) is 19.1 Å². The molecule has 1 aromatic rings. The summed E-state index contributed by atoms with van der Waals surface area (Å²) in [5.41, 5.74) is 0.216. The number of esters is 1. The van der Waals surface area contributed by atoms with Crippen molar-refractivity contribution in [3.05, 3.63) is 61.2 Å². The Bertz CT molecular complexity index is 802. The summed E-state index contributed by atoms with van der Waals surface area (Å²) in [4.78, 5) is 37.8. The van der Waals surface area contributed by atoms with Crippen LogP contribution in [0.25, 0.3) is 0 Å². The van der Waals surface area contributed by atoms with Gasteiger partial charge in [0, 0.05) is 12.8 Å². The first-order valence-corrected chi connectivity index (χ1v) is 11.6. The third-order valence-corrected chi connectivity index (χ3v) is 6.00. The number of allylic oxidation sites excluding steroid dienone is 2. The second-order valence-corrected chi connectivity index (χ2v) is 8.60. The van der Waals surface area contributed by atoms with Gasteiger partial charge in [0.15, 0.2) is 0 Å². The number of ether oxygens (including phenoxy) is 1. The number of carbonyl (C=O) groups excluding carboxylic acids is 3. The molecule has 1 aliphatic carbocycles. The predicted molar refractivity (Wildman–Crippen MR) is 127 cm³/mol. The van der Waals surface area contributed by atoms with E-state index in [-0.39, 0.29) is 43.8 Å². The van der Waals surface area contributed by atoms with Gasteiger partial charge in [0.05, 0.1) is 24.1 Å². The summed E-state index contributed by atoms with van der Waals surface area (Å²) in [5, 5.41) is 15.6. The molecule has 2 amide bonds. The Balaban J connectivity index is 2.04. The van der Waals surface area contributed by atoms with Crippen molar-refractivity contribution in [2.45, 2.75) is 62.9 Å². The van der Waals surface area contributed by atoms with Crippen LogP contribution in [0.1, 0.15) is 63.0 Å². The Kier molecular flexibility index (Phi) is 10.8. The molecule has 0 heterocycles. The van der Waals surface area contributed by atoms with Crippen LogP contribution >= 0.6 is 0 Å². The van der Waals surface area contributed by atoms with E-state index in [2.05, 4.69) is 23.8 Å². The van der Waals surface area contributed by atoms with Crippen molar-refractivity contribution in [2.24, 2.45) is 5.92 Å². The number of rotatable bonds is 14. The monoisotopic (exact) mass is 456 g/mol. The molecule has 0 bridgehead atoms. The van der Waals surface area contributed by atoms with Gasteiger partial charge in [-0.3, -0.25) is 14.4 Å². The number of nitrogens with one attached hydrogen (secondary N) is 2. The molecule has 2 unspecified atom stereocenters. The summed E-state index contributed by atoms with van der Waals surface area (Å²) in [6.07, 6.45) is 7.71. The lowest BCUT2D eigenvalue weighted by molar-refractivity contribution is -0.145. The summed E-state index contributed by atoms with van der Waals surface area (Å²) >= 11 is 0. The molecule has 0 aliphatic heterocycles. The van der Waals surface area contributed by atoms with Gasteiger partial charge < -0.3 is 20.5 Å². The van der Waals surface area contributed by atoms with Crippen molar-refractivity contribution < 1.29 is 24.2 Å². The minimum Gasteiger partial charge on any atom is -0.463 e. The van der Waals surface area contributed by atoms with E-state index < -0.39 is 17.5 Å². The summed E-state index contributed by atoms with van der Waals surface area (Å²) in [6.45, 7) is 7.20. The molecule has 0 aromatic heterocycles. The van der Waals surface area contributed by atoms with Gasteiger partial charge in [-0.2, -0.15) is 0 Å². The molecule has 7 heteroatoms. The van der Waals surface area contributed by atoms with Gasteiger partial charge in [0.25, 0.3) is 0 Å². The molecule has 180 valence electrons. The van der Waals surface area contributed by atoms with Crippen molar-refractivity contribution in [3.63, 3.8) is 0 Å². The van der Waals surface area contributed by atoms with Crippen LogP contribution in [0.5, 0.6) is 0 Å². The maximum Gasteiger partial charge on any atom is 0.306 e. The highest BCUT2D eigenvalue weighted by atomic mass is 16.5. The van der Waals surface area contributed by atoms with Gasteiger partial charge >= 0.3 is 5.97 Å². The largest absolute Gasteiger partial charge is 0.463 e. The van der Waals surface area contributed by atoms with Gasteiger partial charge in [0.2, 0.25) is 11.8 Å². The Hall–Kier alpha value is -2.93. The zero-order valence-corrected chi connectivity index (χ0v) is 19.3. The van der Waals surface area contributed by atoms with Crippen LogP contribution in [-0.4, -0.2) is 41.6 Å². The van der Waals surface area contributed by atoms with Crippen LogP contribution in [0, 0.1) is 5.92 Å². The fourth-order valence-electron chi connectivity index (χ4n) is 4.09. The van der Waals surface area contributed by atoms with Gasteiger partial charge in [-0.1, -0.05) is 55.3 Å². The van der Waals surface area contributed by atoms with Crippen LogP contribution in [0.4, 0.5) is 0 Å². The number of carbonyl (C=O) groups is 3. The Morgan fingerprint density at radius 2 is 1.82 bits per heavy atom. The predicted octanol–water partition coefficient (Wildman–Crippen LogP) is 3.36. The molecule has 33 heavy (non-hydrogen) atoms. The van der Waals surface area contributed by atoms with Gasteiger partial charge in [-0.15, -0.1) is 13.2 Å². The fourth-order valence-corrected chi connectivity index (χ4v) is 4.09. The second-order valence-electron chi connectivity index (χ2n) is 8.60. The van der Waals surface area contributed by atoms with Crippen LogP contribution < -0.4 is 10.6 Å². The molecule has 1 saturated carbocycles. The lowest BCUT2D eigenvalue weighted by Crippen LogP contribution is -2.50. The second kappa shape index (κ2) is 13.6. The average molecular weight is 457 g/mol. The van der Waals surface area contributed by atoms with E-state index in [1.807, 2.05) is 30.3 Å². The average Bonchev–Trinajstić information content (AvgIpc) is 3.29. The van der Waals surface area contributed by atoms with Gasteiger partial charge in [-0.05, 0) is 31.2 Å². The third kappa shape index (κ3) is 8.50. The van der Waals surface area contributed by atoms with Crippen molar-refractivity contribution in [3.8, 4) is 0 Å². The number of aliphatic hydroxyl groups is 1. The van der Waals surface area contributed by atoms with E-state index in [0.29, 0.717) is 12.8 Å². The van der Waals surface area contributed by atoms with Crippen molar-refractivity contribution in [2.75, 3.05) is 13.2 Å². The zero-order valence-electron chi connectivity index (χ0n) is 19.3. The Labute approximate surface area is 196 Å². The molecule has 2 atom stereocenters. The smallest absolute Gasteiger partial charge is 0.306 e. The number of hydrogen-bond donors (Lipinski definition) is 3. The van der Waals surface area contributed by atoms with Crippen molar-refractivity contribution in [1.82, 2.24) is 10.6 Å². The molecule has 2 rings (SSSR count).